The maximum Gasteiger partial charge on any atom is 0.257 e. The van der Waals surface area contributed by atoms with Gasteiger partial charge in [-0.15, -0.1) is 0 Å². The summed E-state index contributed by atoms with van der Waals surface area (Å²) in [5, 5.41) is 5.47. The number of rotatable bonds is 5. The smallest absolute Gasteiger partial charge is 0.257 e. The molecule has 29 heavy (non-hydrogen) atoms. The summed E-state index contributed by atoms with van der Waals surface area (Å²) < 4.78 is 5.48. The lowest BCUT2D eigenvalue weighted by molar-refractivity contribution is -0.127. The lowest BCUT2D eigenvalue weighted by Crippen LogP contribution is -2.45. The van der Waals surface area contributed by atoms with Crippen LogP contribution in [0.5, 0.6) is 0 Å². The Hall–Kier alpha value is -2.67. The first-order valence-corrected chi connectivity index (χ1v) is 10.4. The molecule has 2 aromatic rings. The first kappa shape index (κ1) is 19.6. The Labute approximate surface area is 171 Å². The summed E-state index contributed by atoms with van der Waals surface area (Å²) in [7, 11) is 1.70. The third-order valence-corrected chi connectivity index (χ3v) is 6.24. The van der Waals surface area contributed by atoms with Crippen LogP contribution < -0.4 is 5.73 Å². The zero-order valence-electron chi connectivity index (χ0n) is 17.2. The second kappa shape index (κ2) is 8.37. The number of fused-ring (bicyclic) bond motifs is 1. The van der Waals surface area contributed by atoms with Crippen molar-refractivity contribution in [2.45, 2.75) is 32.1 Å². The number of likely N-dealkylation sites (tertiary alicyclic amines) is 1. The van der Waals surface area contributed by atoms with E-state index >= 15 is 0 Å². The fraction of sp³-hybridized carbons (Fsp3) is 0.500. The molecule has 0 spiro atoms. The van der Waals surface area contributed by atoms with Gasteiger partial charge in [-0.2, -0.15) is 0 Å². The number of benzene rings is 1. The van der Waals surface area contributed by atoms with Gasteiger partial charge in [0.05, 0.1) is 11.3 Å². The predicted molar refractivity (Wildman–Crippen MR) is 114 cm³/mol. The molecule has 0 bridgehead atoms. The molecular weight excluding hydrogens is 366 g/mol. The molecule has 1 fully saturated rings. The molecule has 0 saturated carbocycles. The van der Waals surface area contributed by atoms with Crippen LogP contribution in [0.15, 0.2) is 45.1 Å². The number of carbonyl (C=O) groups is 1. The number of aliphatic imine (C=N–C) groups is 1. The van der Waals surface area contributed by atoms with E-state index in [0.29, 0.717) is 23.7 Å². The summed E-state index contributed by atoms with van der Waals surface area (Å²) in [5.41, 5.74) is 10.0. The van der Waals surface area contributed by atoms with Crippen molar-refractivity contribution in [3.05, 3.63) is 41.2 Å². The van der Waals surface area contributed by atoms with E-state index in [4.69, 9.17) is 10.3 Å². The summed E-state index contributed by atoms with van der Waals surface area (Å²) in [4.78, 5) is 21.3. The fourth-order valence-electron chi connectivity index (χ4n) is 4.38. The maximum absolute atomic E-state index is 12.8. The van der Waals surface area contributed by atoms with E-state index in [2.05, 4.69) is 21.1 Å². The molecule has 2 N–H and O–H groups in total. The molecule has 7 nitrogen and oxygen atoms in total. The fourth-order valence-corrected chi connectivity index (χ4v) is 4.38. The summed E-state index contributed by atoms with van der Waals surface area (Å²) in [6.07, 6.45) is 2.84. The molecule has 2 aliphatic heterocycles. The van der Waals surface area contributed by atoms with Crippen LogP contribution in [0, 0.1) is 0 Å². The molecule has 4 rings (SSSR count). The van der Waals surface area contributed by atoms with Gasteiger partial charge in [-0.25, -0.2) is 0 Å². The number of carbonyl (C=O) groups excluding carboxylic acids is 1. The van der Waals surface area contributed by atoms with E-state index in [-0.39, 0.29) is 5.91 Å². The third kappa shape index (κ3) is 3.92. The van der Waals surface area contributed by atoms with Gasteiger partial charge in [0.2, 0.25) is 0 Å². The third-order valence-electron chi connectivity index (χ3n) is 6.24. The van der Waals surface area contributed by atoms with Crippen LogP contribution in [-0.2, 0) is 4.79 Å². The number of aromatic nitrogens is 1. The van der Waals surface area contributed by atoms with E-state index in [9.17, 15) is 4.79 Å². The van der Waals surface area contributed by atoms with Gasteiger partial charge in [-0.3, -0.25) is 9.79 Å². The zero-order valence-corrected chi connectivity index (χ0v) is 17.2. The van der Waals surface area contributed by atoms with Crippen molar-refractivity contribution >= 4 is 22.6 Å². The average molecular weight is 396 g/mol. The van der Waals surface area contributed by atoms with Crippen molar-refractivity contribution in [3.63, 3.8) is 0 Å². The number of hydrogen-bond acceptors (Lipinski definition) is 6. The van der Waals surface area contributed by atoms with Crippen LogP contribution in [0.4, 0.5) is 0 Å². The highest BCUT2D eigenvalue weighted by Gasteiger charge is 2.29. The highest BCUT2D eigenvalue weighted by atomic mass is 16.5. The second-order valence-corrected chi connectivity index (χ2v) is 7.93. The SMILES string of the molecule is CN=C(C)C1=C(N)CCN(CCN2CCC(c3noc4ccccc34)CC2)C1=O. The van der Waals surface area contributed by atoms with Crippen molar-refractivity contribution in [2.75, 3.05) is 39.8 Å². The molecule has 7 heteroatoms. The van der Waals surface area contributed by atoms with Crippen molar-refractivity contribution in [2.24, 2.45) is 10.7 Å². The normalized spacial score (nSPS) is 20.1. The van der Waals surface area contributed by atoms with Crippen LogP contribution in [-0.4, -0.2) is 66.3 Å². The van der Waals surface area contributed by atoms with Crippen molar-refractivity contribution in [1.82, 2.24) is 15.0 Å². The number of piperidine rings is 1. The minimum atomic E-state index is 0.0146. The Balaban J connectivity index is 1.32. The summed E-state index contributed by atoms with van der Waals surface area (Å²) in [6, 6.07) is 8.07. The minimum Gasteiger partial charge on any atom is -0.401 e. The predicted octanol–water partition coefficient (Wildman–Crippen LogP) is 2.54. The van der Waals surface area contributed by atoms with E-state index in [1.54, 1.807) is 7.05 Å². The van der Waals surface area contributed by atoms with E-state index in [1.807, 2.05) is 30.0 Å². The second-order valence-electron chi connectivity index (χ2n) is 7.93. The minimum absolute atomic E-state index is 0.0146. The Morgan fingerprint density at radius 3 is 2.76 bits per heavy atom. The highest BCUT2D eigenvalue weighted by molar-refractivity contribution is 6.21. The number of hydrogen-bond donors (Lipinski definition) is 1. The van der Waals surface area contributed by atoms with Gasteiger partial charge in [0.15, 0.2) is 5.58 Å². The molecule has 1 aromatic heterocycles. The monoisotopic (exact) mass is 395 g/mol. The molecule has 0 aliphatic carbocycles. The van der Waals surface area contributed by atoms with Crippen molar-refractivity contribution in [3.8, 4) is 0 Å². The van der Waals surface area contributed by atoms with Gasteiger partial charge < -0.3 is 20.1 Å². The first-order valence-electron chi connectivity index (χ1n) is 10.4. The molecule has 1 aromatic carbocycles. The molecule has 0 atom stereocenters. The van der Waals surface area contributed by atoms with Crippen LogP contribution in [0.2, 0.25) is 0 Å². The largest absolute Gasteiger partial charge is 0.401 e. The van der Waals surface area contributed by atoms with Gasteiger partial charge >= 0.3 is 0 Å². The van der Waals surface area contributed by atoms with Crippen molar-refractivity contribution in [1.29, 1.82) is 0 Å². The molecule has 0 radical (unpaired) electrons. The maximum atomic E-state index is 12.8. The number of para-hydroxylation sites is 1. The highest BCUT2D eigenvalue weighted by Crippen LogP contribution is 2.32. The summed E-state index contributed by atoms with van der Waals surface area (Å²) in [6.45, 7) is 6.16. The molecule has 3 heterocycles. The van der Waals surface area contributed by atoms with Gasteiger partial charge in [0, 0.05) is 55.8 Å². The van der Waals surface area contributed by atoms with Crippen LogP contribution in [0.25, 0.3) is 11.0 Å². The molecule has 154 valence electrons. The standard InChI is InChI=1S/C22H29N5O2/c1-15(24-2)20-18(23)9-12-27(22(20)28)14-13-26-10-7-16(8-11-26)21-17-5-3-4-6-19(17)29-25-21/h3-6,16H,7-14,23H2,1-2H3. The Morgan fingerprint density at radius 1 is 1.24 bits per heavy atom. The van der Waals surface area contributed by atoms with Crippen molar-refractivity contribution < 1.29 is 9.32 Å². The van der Waals surface area contributed by atoms with E-state index in [1.165, 1.54) is 0 Å². The molecular formula is C22H29N5O2. The quantitative estimate of drug-likeness (QED) is 0.786. The number of nitrogens with two attached hydrogens (primary N) is 1. The Kier molecular flexibility index (Phi) is 5.67. The molecule has 0 unspecified atom stereocenters. The Morgan fingerprint density at radius 2 is 2.00 bits per heavy atom. The Bertz CT molecular complexity index is 953. The van der Waals surface area contributed by atoms with Gasteiger partial charge in [0.1, 0.15) is 0 Å². The summed E-state index contributed by atoms with van der Waals surface area (Å²) in [5.74, 6) is 0.449. The topological polar surface area (TPSA) is 88.0 Å². The van der Waals surface area contributed by atoms with Crippen LogP contribution in [0.3, 0.4) is 0 Å². The molecule has 1 amide bonds. The number of nitrogens with zero attached hydrogens (tertiary/aromatic N) is 4. The van der Waals surface area contributed by atoms with E-state index in [0.717, 1.165) is 67.8 Å². The molecule has 2 aliphatic rings. The van der Waals surface area contributed by atoms with Crippen LogP contribution >= 0.6 is 0 Å². The van der Waals surface area contributed by atoms with Gasteiger partial charge in [0.25, 0.3) is 5.91 Å². The number of amides is 1. The van der Waals surface area contributed by atoms with Gasteiger partial charge in [-0.05, 0) is 45.0 Å². The van der Waals surface area contributed by atoms with E-state index < -0.39 is 0 Å². The van der Waals surface area contributed by atoms with Crippen LogP contribution in [0.1, 0.15) is 37.8 Å². The average Bonchev–Trinajstić information content (AvgIpc) is 3.17. The lowest BCUT2D eigenvalue weighted by atomic mass is 9.91. The summed E-state index contributed by atoms with van der Waals surface area (Å²) >= 11 is 0. The first-order chi connectivity index (χ1) is 14.1. The molecule has 1 saturated heterocycles. The lowest BCUT2D eigenvalue weighted by Gasteiger charge is -2.34. The zero-order chi connectivity index (χ0) is 20.4. The van der Waals surface area contributed by atoms with Gasteiger partial charge in [-0.1, -0.05) is 17.3 Å².